The van der Waals surface area contributed by atoms with Crippen molar-refractivity contribution in [1.29, 1.82) is 0 Å². The predicted molar refractivity (Wildman–Crippen MR) is 114 cm³/mol. The van der Waals surface area contributed by atoms with Crippen LogP contribution < -0.4 is 5.32 Å². The first-order valence-electron chi connectivity index (χ1n) is 9.03. The molecule has 28 heavy (non-hydrogen) atoms. The first-order chi connectivity index (χ1) is 13.0. The van der Waals surface area contributed by atoms with Crippen LogP contribution in [0.25, 0.3) is 0 Å². The summed E-state index contributed by atoms with van der Waals surface area (Å²) < 4.78 is 26.8. The van der Waals surface area contributed by atoms with E-state index in [9.17, 15) is 13.2 Å². The number of carbonyl (C=O) groups is 1. The lowest BCUT2D eigenvalue weighted by molar-refractivity contribution is 0.0950. The molecule has 0 radical (unpaired) electrons. The molecule has 0 spiro atoms. The maximum Gasteiger partial charge on any atom is 0.251 e. The molecule has 1 N–H and O–H groups in total. The van der Waals surface area contributed by atoms with Gasteiger partial charge in [-0.05, 0) is 18.2 Å². The lowest BCUT2D eigenvalue weighted by atomic mass is 9.93. The Bertz CT molecular complexity index is 946. The van der Waals surface area contributed by atoms with Gasteiger partial charge in [0, 0.05) is 29.4 Å². The molecule has 9 heteroatoms. The second-order valence-electron chi connectivity index (χ2n) is 7.29. The summed E-state index contributed by atoms with van der Waals surface area (Å²) in [6.07, 6.45) is 0. The van der Waals surface area contributed by atoms with Crippen molar-refractivity contribution in [3.8, 4) is 0 Å². The average molecular weight is 444 g/mol. The van der Waals surface area contributed by atoms with E-state index in [4.69, 9.17) is 11.6 Å². The molecule has 1 aromatic carbocycles. The maximum absolute atomic E-state index is 12.8. The van der Waals surface area contributed by atoms with Crippen LogP contribution in [0.1, 0.15) is 55.7 Å². The van der Waals surface area contributed by atoms with Gasteiger partial charge in [0.15, 0.2) is 0 Å². The average Bonchev–Trinajstić information content (AvgIpc) is 3.10. The predicted octanol–water partition coefficient (Wildman–Crippen LogP) is 4.05. The Morgan fingerprint density at radius 3 is 2.43 bits per heavy atom. The summed E-state index contributed by atoms with van der Waals surface area (Å²) in [6, 6.07) is 4.28. The van der Waals surface area contributed by atoms with E-state index in [1.165, 1.54) is 33.8 Å². The second-order valence-corrected chi connectivity index (χ2v) is 10.5. The van der Waals surface area contributed by atoms with Gasteiger partial charge in [-0.1, -0.05) is 46.2 Å². The van der Waals surface area contributed by atoms with Crippen molar-refractivity contribution >= 4 is 38.9 Å². The third kappa shape index (κ3) is 5.11. The van der Waals surface area contributed by atoms with Crippen LogP contribution in [0.2, 0.25) is 5.02 Å². The van der Waals surface area contributed by atoms with Gasteiger partial charge < -0.3 is 5.32 Å². The Kier molecular flexibility index (Phi) is 7.25. The van der Waals surface area contributed by atoms with Crippen LogP contribution in [-0.4, -0.2) is 36.7 Å². The molecule has 2 rings (SSSR count). The van der Waals surface area contributed by atoms with Gasteiger partial charge in [-0.2, -0.15) is 4.31 Å². The molecule has 0 saturated heterocycles. The van der Waals surface area contributed by atoms with Crippen molar-refractivity contribution in [2.45, 2.75) is 51.5 Å². The molecule has 154 valence electrons. The largest absolute Gasteiger partial charge is 0.346 e. The van der Waals surface area contributed by atoms with Crippen molar-refractivity contribution in [1.82, 2.24) is 14.6 Å². The number of sulfonamides is 1. The number of aromatic nitrogens is 1. The zero-order chi connectivity index (χ0) is 21.1. The summed E-state index contributed by atoms with van der Waals surface area (Å²) in [5.74, 6) is -0.375. The van der Waals surface area contributed by atoms with Crippen molar-refractivity contribution in [2.75, 3.05) is 13.1 Å². The van der Waals surface area contributed by atoms with E-state index in [-0.39, 0.29) is 33.3 Å². The zero-order valence-electron chi connectivity index (χ0n) is 16.7. The van der Waals surface area contributed by atoms with Crippen LogP contribution in [0.3, 0.4) is 0 Å². The summed E-state index contributed by atoms with van der Waals surface area (Å²) in [5.41, 5.74) is 1.16. The smallest absolute Gasteiger partial charge is 0.251 e. The first kappa shape index (κ1) is 22.8. The molecule has 0 aliphatic rings. The molecular weight excluding hydrogens is 418 g/mol. The van der Waals surface area contributed by atoms with E-state index in [2.05, 4.69) is 31.1 Å². The Morgan fingerprint density at radius 2 is 1.89 bits per heavy atom. The molecule has 0 saturated carbocycles. The molecule has 0 unspecified atom stereocenters. The van der Waals surface area contributed by atoms with Gasteiger partial charge in [0.05, 0.1) is 17.3 Å². The molecule has 0 aliphatic carbocycles. The van der Waals surface area contributed by atoms with E-state index in [1.807, 2.05) is 5.38 Å². The zero-order valence-corrected chi connectivity index (χ0v) is 19.1. The van der Waals surface area contributed by atoms with Crippen LogP contribution in [0.15, 0.2) is 28.5 Å². The quantitative estimate of drug-likeness (QED) is 0.699. The molecule has 2 aromatic rings. The third-order valence-electron chi connectivity index (χ3n) is 4.24. The normalized spacial score (nSPS) is 12.4. The summed E-state index contributed by atoms with van der Waals surface area (Å²) in [7, 11) is -3.76. The number of amides is 1. The lowest BCUT2D eigenvalue weighted by Gasteiger charge is -2.19. The molecule has 6 nitrogen and oxygen atoms in total. The van der Waals surface area contributed by atoms with Gasteiger partial charge in [0.2, 0.25) is 10.0 Å². The van der Waals surface area contributed by atoms with Crippen LogP contribution in [0.4, 0.5) is 0 Å². The standard InChI is InChI=1S/C19H26ClN3O3S2/c1-6-23(7-2)28(25,26)15-10-13(8-9-14(15)20)18(24)21-11-17-22-16(12-27-17)19(3,4)5/h8-10,12H,6-7,11H2,1-5H3,(H,21,24). The number of nitrogens with one attached hydrogen (secondary N) is 1. The molecule has 0 atom stereocenters. The van der Waals surface area contributed by atoms with Crippen molar-refractivity contribution in [3.63, 3.8) is 0 Å². The molecular formula is C19H26ClN3O3S2. The summed E-state index contributed by atoms with van der Waals surface area (Å²) in [5, 5.41) is 5.67. The number of nitrogens with zero attached hydrogens (tertiary/aromatic N) is 2. The number of carbonyl (C=O) groups excluding carboxylic acids is 1. The number of thiazole rings is 1. The van der Waals surface area contributed by atoms with Gasteiger partial charge in [-0.3, -0.25) is 4.79 Å². The summed E-state index contributed by atoms with van der Waals surface area (Å²) in [4.78, 5) is 17.0. The fraction of sp³-hybridized carbons (Fsp3) is 0.474. The molecule has 0 aliphatic heterocycles. The number of rotatable bonds is 7. The lowest BCUT2D eigenvalue weighted by Crippen LogP contribution is -2.31. The van der Waals surface area contributed by atoms with E-state index < -0.39 is 10.0 Å². The number of halogens is 1. The monoisotopic (exact) mass is 443 g/mol. The second kappa shape index (κ2) is 8.90. The Hall–Kier alpha value is -1.48. The number of hydrogen-bond acceptors (Lipinski definition) is 5. The molecule has 0 bridgehead atoms. The van der Waals surface area contributed by atoms with Crippen molar-refractivity contribution in [3.05, 3.63) is 44.9 Å². The van der Waals surface area contributed by atoms with Crippen LogP contribution in [-0.2, 0) is 22.0 Å². The Balaban J connectivity index is 2.20. The van der Waals surface area contributed by atoms with Crippen LogP contribution in [0.5, 0.6) is 0 Å². The molecule has 1 amide bonds. The Morgan fingerprint density at radius 1 is 1.25 bits per heavy atom. The third-order valence-corrected chi connectivity index (χ3v) is 7.62. The minimum absolute atomic E-state index is 0.0529. The van der Waals surface area contributed by atoms with Gasteiger partial charge in [-0.15, -0.1) is 11.3 Å². The van der Waals surface area contributed by atoms with Crippen LogP contribution in [0, 0.1) is 0 Å². The molecule has 1 aromatic heterocycles. The van der Waals surface area contributed by atoms with E-state index in [1.54, 1.807) is 13.8 Å². The highest BCUT2D eigenvalue weighted by molar-refractivity contribution is 7.89. The van der Waals surface area contributed by atoms with Crippen LogP contribution >= 0.6 is 22.9 Å². The van der Waals surface area contributed by atoms with E-state index in [0.717, 1.165) is 10.7 Å². The topological polar surface area (TPSA) is 79.4 Å². The van der Waals surface area contributed by atoms with E-state index in [0.29, 0.717) is 13.1 Å². The minimum Gasteiger partial charge on any atom is -0.346 e. The maximum atomic E-state index is 12.8. The highest BCUT2D eigenvalue weighted by atomic mass is 35.5. The van der Waals surface area contributed by atoms with E-state index >= 15 is 0 Å². The minimum atomic E-state index is -3.76. The molecule has 0 fully saturated rings. The highest BCUT2D eigenvalue weighted by Gasteiger charge is 2.25. The summed E-state index contributed by atoms with van der Waals surface area (Å²) >= 11 is 7.60. The highest BCUT2D eigenvalue weighted by Crippen LogP contribution is 2.26. The van der Waals surface area contributed by atoms with Crippen molar-refractivity contribution < 1.29 is 13.2 Å². The fourth-order valence-corrected chi connectivity index (χ4v) is 5.46. The Labute approximate surface area is 176 Å². The fourth-order valence-electron chi connectivity index (χ4n) is 2.54. The van der Waals surface area contributed by atoms with Gasteiger partial charge in [0.25, 0.3) is 5.91 Å². The van der Waals surface area contributed by atoms with Gasteiger partial charge in [0.1, 0.15) is 9.90 Å². The SMILES string of the molecule is CCN(CC)S(=O)(=O)c1cc(C(=O)NCc2nc(C(C)(C)C)cs2)ccc1Cl. The molecule has 1 heterocycles. The van der Waals surface area contributed by atoms with Gasteiger partial charge in [-0.25, -0.2) is 13.4 Å². The number of hydrogen-bond donors (Lipinski definition) is 1. The van der Waals surface area contributed by atoms with Gasteiger partial charge >= 0.3 is 0 Å². The number of benzene rings is 1. The van der Waals surface area contributed by atoms with Crippen molar-refractivity contribution in [2.24, 2.45) is 0 Å². The summed E-state index contributed by atoms with van der Waals surface area (Å²) in [6.45, 7) is 10.7. The first-order valence-corrected chi connectivity index (χ1v) is 11.7.